The van der Waals surface area contributed by atoms with Gasteiger partial charge >= 0.3 is 0 Å². The van der Waals surface area contributed by atoms with Crippen LogP contribution in [0.25, 0.3) is 0 Å². The van der Waals surface area contributed by atoms with E-state index in [0.29, 0.717) is 5.41 Å². The van der Waals surface area contributed by atoms with Gasteiger partial charge in [0.25, 0.3) is 0 Å². The van der Waals surface area contributed by atoms with E-state index in [1.54, 1.807) is 0 Å². The van der Waals surface area contributed by atoms with Gasteiger partial charge in [0.05, 0.1) is 0 Å². The number of hydrogen-bond acceptors (Lipinski definition) is 0. The van der Waals surface area contributed by atoms with Crippen molar-refractivity contribution in [1.29, 1.82) is 0 Å². The number of halogens is 1. The number of hydrogen-bond donors (Lipinski definition) is 0. The molecule has 1 rings (SSSR count). The fraction of sp³-hybridized carbons (Fsp3) is 1.00. The van der Waals surface area contributed by atoms with Gasteiger partial charge in [-0.2, -0.15) is 0 Å². The van der Waals surface area contributed by atoms with Crippen molar-refractivity contribution in [3.05, 3.63) is 0 Å². The Morgan fingerprint density at radius 3 is 2.18 bits per heavy atom. The van der Waals surface area contributed by atoms with Gasteiger partial charge in [0.1, 0.15) is 0 Å². The molecule has 0 heterocycles. The van der Waals surface area contributed by atoms with Crippen molar-refractivity contribution in [2.24, 2.45) is 11.3 Å². The van der Waals surface area contributed by atoms with E-state index in [2.05, 4.69) is 29.8 Å². The van der Waals surface area contributed by atoms with Gasteiger partial charge in [0.15, 0.2) is 0 Å². The minimum absolute atomic E-state index is 0.665. The Morgan fingerprint density at radius 2 is 1.65 bits per heavy atom. The highest BCUT2D eigenvalue weighted by Crippen LogP contribution is 2.45. The lowest BCUT2D eigenvalue weighted by molar-refractivity contribution is 0.153. The molecule has 0 spiro atoms. The van der Waals surface area contributed by atoms with Gasteiger partial charge < -0.3 is 0 Å². The summed E-state index contributed by atoms with van der Waals surface area (Å²) in [6.45, 7) is 4.62. The molecule has 1 aliphatic rings. The quantitative estimate of drug-likeness (QED) is 0.363. The van der Waals surface area contributed by atoms with Gasteiger partial charge in [0.2, 0.25) is 0 Å². The molecule has 0 aromatic heterocycles. The van der Waals surface area contributed by atoms with Crippen molar-refractivity contribution >= 4 is 15.9 Å². The highest BCUT2D eigenvalue weighted by molar-refractivity contribution is 9.09. The predicted octanol–water partition coefficient (Wildman–Crippen LogP) is 6.33. The molecule has 0 atom stereocenters. The third-order valence-corrected chi connectivity index (χ3v) is 5.92. The summed E-state index contributed by atoms with van der Waals surface area (Å²) in [7, 11) is 0. The lowest BCUT2D eigenvalue weighted by Crippen LogP contribution is -2.29. The molecular formula is C16H31Br. The van der Waals surface area contributed by atoms with Crippen LogP contribution in [-0.4, -0.2) is 5.33 Å². The van der Waals surface area contributed by atoms with Crippen LogP contribution in [-0.2, 0) is 0 Å². The molecule has 0 N–H and O–H groups in total. The van der Waals surface area contributed by atoms with Crippen LogP contribution in [0.3, 0.4) is 0 Å². The molecule has 0 nitrogen and oxygen atoms in total. The Hall–Kier alpha value is 0.480. The zero-order valence-electron chi connectivity index (χ0n) is 11.9. The molecule has 102 valence electrons. The van der Waals surface area contributed by atoms with E-state index < -0.39 is 0 Å². The molecule has 0 aliphatic heterocycles. The van der Waals surface area contributed by atoms with Crippen LogP contribution in [0.1, 0.15) is 84.5 Å². The van der Waals surface area contributed by atoms with Crippen molar-refractivity contribution in [2.75, 3.05) is 5.33 Å². The Kier molecular flexibility index (Phi) is 7.82. The maximum Gasteiger partial charge on any atom is 0.00879 e. The maximum atomic E-state index is 3.79. The first-order chi connectivity index (χ1) is 8.26. The van der Waals surface area contributed by atoms with Crippen molar-refractivity contribution in [3.63, 3.8) is 0 Å². The highest BCUT2D eigenvalue weighted by Gasteiger charge is 2.33. The summed E-state index contributed by atoms with van der Waals surface area (Å²) >= 11 is 3.79. The second-order valence-electron chi connectivity index (χ2n) is 6.18. The average Bonchev–Trinajstić information content (AvgIpc) is 2.38. The zero-order chi connectivity index (χ0) is 12.6. The van der Waals surface area contributed by atoms with E-state index in [9.17, 15) is 0 Å². The first kappa shape index (κ1) is 15.5. The second kappa shape index (κ2) is 8.56. The summed E-state index contributed by atoms with van der Waals surface area (Å²) in [5, 5.41) is 1.24. The van der Waals surface area contributed by atoms with Gasteiger partial charge in [0, 0.05) is 5.33 Å². The van der Waals surface area contributed by atoms with Crippen LogP contribution < -0.4 is 0 Å². The largest absolute Gasteiger partial charge is 0.0922 e. The SMILES string of the molecule is CCCCCC1(CBr)CCC(CCCC)CC1. The molecule has 0 aromatic rings. The molecule has 1 aliphatic carbocycles. The van der Waals surface area contributed by atoms with Crippen LogP contribution in [0, 0.1) is 11.3 Å². The molecule has 1 saturated carbocycles. The summed E-state index contributed by atoms with van der Waals surface area (Å²) in [6.07, 6.45) is 16.0. The fourth-order valence-electron chi connectivity index (χ4n) is 3.27. The van der Waals surface area contributed by atoms with Crippen LogP contribution in [0.4, 0.5) is 0 Å². The molecule has 0 unspecified atom stereocenters. The third kappa shape index (κ3) is 5.32. The van der Waals surface area contributed by atoms with E-state index in [1.807, 2.05) is 0 Å². The van der Waals surface area contributed by atoms with E-state index in [4.69, 9.17) is 0 Å². The first-order valence-electron chi connectivity index (χ1n) is 7.82. The molecule has 0 amide bonds. The highest BCUT2D eigenvalue weighted by atomic mass is 79.9. The number of unbranched alkanes of at least 4 members (excludes halogenated alkanes) is 3. The summed E-state index contributed by atoms with van der Waals surface area (Å²) in [5.41, 5.74) is 0.665. The van der Waals surface area contributed by atoms with Gasteiger partial charge in [-0.1, -0.05) is 68.3 Å². The van der Waals surface area contributed by atoms with E-state index in [0.717, 1.165) is 5.92 Å². The lowest BCUT2D eigenvalue weighted by Gasteiger charge is -2.39. The van der Waals surface area contributed by atoms with E-state index in [-0.39, 0.29) is 0 Å². The molecule has 1 fully saturated rings. The summed E-state index contributed by atoms with van der Waals surface area (Å²) in [4.78, 5) is 0. The molecule has 1 heteroatoms. The van der Waals surface area contributed by atoms with Gasteiger partial charge in [-0.25, -0.2) is 0 Å². The minimum atomic E-state index is 0.665. The smallest absolute Gasteiger partial charge is 0.00879 e. The molecule has 0 bridgehead atoms. The van der Waals surface area contributed by atoms with Gasteiger partial charge in [-0.05, 0) is 43.4 Å². The Bertz CT molecular complexity index is 180. The number of alkyl halides is 1. The molecule has 0 saturated heterocycles. The van der Waals surface area contributed by atoms with Crippen molar-refractivity contribution in [1.82, 2.24) is 0 Å². The summed E-state index contributed by atoms with van der Waals surface area (Å²) < 4.78 is 0. The topological polar surface area (TPSA) is 0 Å². The van der Waals surface area contributed by atoms with Gasteiger partial charge in [-0.3, -0.25) is 0 Å². The number of rotatable bonds is 8. The summed E-state index contributed by atoms with van der Waals surface area (Å²) in [5.74, 6) is 1.05. The van der Waals surface area contributed by atoms with Crippen molar-refractivity contribution < 1.29 is 0 Å². The third-order valence-electron chi connectivity index (χ3n) is 4.73. The van der Waals surface area contributed by atoms with Crippen molar-refractivity contribution in [3.8, 4) is 0 Å². The average molecular weight is 303 g/mol. The second-order valence-corrected chi connectivity index (χ2v) is 6.74. The molecule has 17 heavy (non-hydrogen) atoms. The van der Waals surface area contributed by atoms with Crippen LogP contribution in [0.15, 0.2) is 0 Å². The molecular weight excluding hydrogens is 272 g/mol. The zero-order valence-corrected chi connectivity index (χ0v) is 13.5. The Labute approximate surface area is 117 Å². The normalized spacial score (nSPS) is 29.5. The fourth-order valence-corrected chi connectivity index (χ4v) is 4.11. The first-order valence-corrected chi connectivity index (χ1v) is 8.94. The summed E-state index contributed by atoms with van der Waals surface area (Å²) in [6, 6.07) is 0. The minimum Gasteiger partial charge on any atom is -0.0922 e. The molecule has 0 aromatic carbocycles. The Morgan fingerprint density at radius 1 is 1.00 bits per heavy atom. The van der Waals surface area contributed by atoms with E-state index >= 15 is 0 Å². The predicted molar refractivity (Wildman–Crippen MR) is 81.9 cm³/mol. The Balaban J connectivity index is 2.29. The van der Waals surface area contributed by atoms with E-state index in [1.165, 1.54) is 76.0 Å². The monoisotopic (exact) mass is 302 g/mol. The van der Waals surface area contributed by atoms with Gasteiger partial charge in [-0.15, -0.1) is 0 Å². The standard InChI is InChI=1S/C16H31Br/c1-3-5-7-11-16(14-17)12-9-15(10-13-16)8-6-4-2/h15H,3-14H2,1-2H3. The lowest BCUT2D eigenvalue weighted by atomic mass is 9.68. The van der Waals surface area contributed by atoms with Crippen molar-refractivity contribution in [2.45, 2.75) is 84.5 Å². The maximum absolute atomic E-state index is 3.79. The van der Waals surface area contributed by atoms with Crippen LogP contribution in [0.5, 0.6) is 0 Å². The van der Waals surface area contributed by atoms with Crippen LogP contribution in [0.2, 0.25) is 0 Å². The molecule has 0 radical (unpaired) electrons. The van der Waals surface area contributed by atoms with Crippen LogP contribution >= 0.6 is 15.9 Å².